The van der Waals surface area contributed by atoms with Gasteiger partial charge in [0.2, 0.25) is 0 Å². The van der Waals surface area contributed by atoms with Crippen molar-refractivity contribution in [3.05, 3.63) is 29.3 Å². The molecule has 1 unspecified atom stereocenters. The lowest BCUT2D eigenvalue weighted by Crippen LogP contribution is -2.14. The first-order valence-corrected chi connectivity index (χ1v) is 6.52. The first kappa shape index (κ1) is 14.9. The highest BCUT2D eigenvalue weighted by molar-refractivity contribution is 6.19. The molecule has 0 heterocycles. The average Bonchev–Trinajstić information content (AvgIpc) is 2.36. The van der Waals surface area contributed by atoms with Crippen molar-refractivity contribution in [2.75, 3.05) is 19.6 Å². The Morgan fingerprint density at radius 3 is 2.78 bits per heavy atom. The Balaban J connectivity index is 2.67. The molecule has 0 saturated carbocycles. The molecular weight excluding hydrogens is 248 g/mol. The summed E-state index contributed by atoms with van der Waals surface area (Å²) >= 11 is 5.53. The topological polar surface area (TPSA) is 18.5 Å². The van der Waals surface area contributed by atoms with Crippen LogP contribution in [0.2, 0.25) is 0 Å². The van der Waals surface area contributed by atoms with E-state index in [4.69, 9.17) is 21.1 Å². The van der Waals surface area contributed by atoms with Crippen LogP contribution in [-0.2, 0) is 4.74 Å². The molecule has 0 fully saturated rings. The molecule has 0 amide bonds. The predicted octanol–water partition coefficient (Wildman–Crippen LogP) is 3.39. The highest BCUT2D eigenvalue weighted by atomic mass is 35.5. The van der Waals surface area contributed by atoms with Gasteiger partial charge < -0.3 is 9.47 Å². The lowest BCUT2D eigenvalue weighted by molar-refractivity contribution is 0.135. The maximum Gasteiger partial charge on any atom is 0.122 e. The van der Waals surface area contributed by atoms with Crippen LogP contribution in [0.1, 0.15) is 24.5 Å². The van der Waals surface area contributed by atoms with Gasteiger partial charge in [-0.25, -0.2) is 0 Å². The third kappa shape index (κ3) is 5.00. The molecule has 18 heavy (non-hydrogen) atoms. The minimum atomic E-state index is 0.142. The number of methoxy groups -OCH3 is 1. The van der Waals surface area contributed by atoms with Crippen LogP contribution in [0.25, 0.3) is 0 Å². The molecule has 1 aromatic carbocycles. The Morgan fingerprint density at radius 2 is 2.17 bits per heavy atom. The van der Waals surface area contributed by atoms with Gasteiger partial charge in [0.15, 0.2) is 0 Å². The summed E-state index contributed by atoms with van der Waals surface area (Å²) in [6.45, 7) is 4.77. The van der Waals surface area contributed by atoms with Gasteiger partial charge in [0.1, 0.15) is 5.75 Å². The number of halogens is 1. The van der Waals surface area contributed by atoms with Gasteiger partial charge in [0, 0.05) is 25.7 Å². The molecule has 1 rings (SSSR count). The van der Waals surface area contributed by atoms with Crippen molar-refractivity contribution >= 4 is 11.6 Å². The molecule has 0 saturated heterocycles. The molecule has 0 aliphatic heterocycles. The van der Waals surface area contributed by atoms with Crippen LogP contribution in [0.5, 0.6) is 5.75 Å². The lowest BCUT2D eigenvalue weighted by atomic mass is 10.1. The summed E-state index contributed by atoms with van der Waals surface area (Å²) in [6.07, 6.45) is 1.02. The second-order valence-corrected chi connectivity index (χ2v) is 4.39. The van der Waals surface area contributed by atoms with Crippen LogP contribution in [0.4, 0.5) is 0 Å². The maximum atomic E-state index is 5.85. The predicted molar refractivity (Wildman–Crippen MR) is 75.4 cm³/mol. The van der Waals surface area contributed by atoms with E-state index in [0.717, 1.165) is 23.3 Å². The third-order valence-electron chi connectivity index (χ3n) is 2.53. The number of benzene rings is 1. The van der Waals surface area contributed by atoms with Crippen LogP contribution >= 0.6 is 11.6 Å². The SMILES string of the molecule is COCCC(C)Oc1ccc(C#CCCl)cc1C. The van der Waals surface area contributed by atoms with E-state index < -0.39 is 0 Å². The Kier molecular flexibility index (Phi) is 6.64. The molecule has 0 aromatic heterocycles. The fourth-order valence-electron chi connectivity index (χ4n) is 1.55. The number of hydrogen-bond donors (Lipinski definition) is 0. The fourth-order valence-corrected chi connectivity index (χ4v) is 1.62. The molecule has 1 atom stereocenters. The molecule has 0 spiro atoms. The van der Waals surface area contributed by atoms with E-state index in [-0.39, 0.29) is 6.10 Å². The Bertz CT molecular complexity index is 432. The smallest absolute Gasteiger partial charge is 0.122 e. The van der Waals surface area contributed by atoms with Gasteiger partial charge in [-0.2, -0.15) is 0 Å². The second-order valence-electron chi connectivity index (χ2n) is 4.13. The number of rotatable bonds is 5. The van der Waals surface area contributed by atoms with E-state index >= 15 is 0 Å². The molecule has 0 bridgehead atoms. The quantitative estimate of drug-likeness (QED) is 0.601. The van der Waals surface area contributed by atoms with Gasteiger partial charge in [-0.05, 0) is 37.6 Å². The third-order valence-corrected chi connectivity index (χ3v) is 2.66. The molecular formula is C15H19ClO2. The normalized spacial score (nSPS) is 11.6. The van der Waals surface area contributed by atoms with E-state index in [1.807, 2.05) is 32.0 Å². The van der Waals surface area contributed by atoms with Gasteiger partial charge in [-0.15, -0.1) is 11.6 Å². The first-order chi connectivity index (χ1) is 8.67. The summed E-state index contributed by atoms with van der Waals surface area (Å²) in [5.41, 5.74) is 2.05. The Morgan fingerprint density at radius 1 is 1.39 bits per heavy atom. The minimum Gasteiger partial charge on any atom is -0.490 e. The monoisotopic (exact) mass is 266 g/mol. The van der Waals surface area contributed by atoms with Crippen molar-refractivity contribution in [1.29, 1.82) is 0 Å². The molecule has 98 valence electrons. The first-order valence-electron chi connectivity index (χ1n) is 5.98. The summed E-state index contributed by atoms with van der Waals surface area (Å²) in [5, 5.41) is 0. The summed E-state index contributed by atoms with van der Waals surface area (Å²) in [6, 6.07) is 5.92. The van der Waals surface area contributed by atoms with Crippen LogP contribution in [0.15, 0.2) is 18.2 Å². The van der Waals surface area contributed by atoms with Gasteiger partial charge >= 0.3 is 0 Å². The van der Waals surface area contributed by atoms with Crippen molar-refractivity contribution < 1.29 is 9.47 Å². The molecule has 0 aliphatic rings. The molecule has 0 N–H and O–H groups in total. The largest absolute Gasteiger partial charge is 0.490 e. The van der Waals surface area contributed by atoms with Crippen LogP contribution in [0.3, 0.4) is 0 Å². The van der Waals surface area contributed by atoms with Crippen molar-refractivity contribution in [2.24, 2.45) is 0 Å². The summed E-state index contributed by atoms with van der Waals surface area (Å²) in [5.74, 6) is 7.08. The van der Waals surface area contributed by atoms with Gasteiger partial charge in [0.05, 0.1) is 12.0 Å². The summed E-state index contributed by atoms with van der Waals surface area (Å²) < 4.78 is 10.9. The fraction of sp³-hybridized carbons (Fsp3) is 0.467. The minimum absolute atomic E-state index is 0.142. The zero-order valence-electron chi connectivity index (χ0n) is 11.1. The number of ether oxygens (including phenoxy) is 2. The zero-order valence-corrected chi connectivity index (χ0v) is 11.9. The molecule has 0 radical (unpaired) electrons. The van der Waals surface area contributed by atoms with E-state index in [9.17, 15) is 0 Å². The number of alkyl halides is 1. The molecule has 3 heteroatoms. The van der Waals surface area contributed by atoms with Crippen LogP contribution in [0, 0.1) is 18.8 Å². The van der Waals surface area contributed by atoms with Crippen molar-refractivity contribution in [1.82, 2.24) is 0 Å². The second kappa shape index (κ2) is 8.02. The van der Waals surface area contributed by atoms with Gasteiger partial charge in [0.25, 0.3) is 0 Å². The number of aryl methyl sites for hydroxylation is 1. The Labute approximate surface area is 114 Å². The van der Waals surface area contributed by atoms with Crippen molar-refractivity contribution in [2.45, 2.75) is 26.4 Å². The number of hydrogen-bond acceptors (Lipinski definition) is 2. The van der Waals surface area contributed by atoms with Crippen LogP contribution < -0.4 is 4.74 Å². The highest BCUT2D eigenvalue weighted by Gasteiger charge is 2.06. The lowest BCUT2D eigenvalue weighted by Gasteiger charge is -2.16. The van der Waals surface area contributed by atoms with E-state index in [1.54, 1.807) is 7.11 Å². The van der Waals surface area contributed by atoms with Crippen molar-refractivity contribution in [3.8, 4) is 17.6 Å². The van der Waals surface area contributed by atoms with Crippen LogP contribution in [-0.4, -0.2) is 25.7 Å². The van der Waals surface area contributed by atoms with E-state index in [0.29, 0.717) is 12.5 Å². The summed E-state index contributed by atoms with van der Waals surface area (Å²) in [4.78, 5) is 0. The maximum absolute atomic E-state index is 5.85. The average molecular weight is 267 g/mol. The highest BCUT2D eigenvalue weighted by Crippen LogP contribution is 2.20. The molecule has 1 aromatic rings. The van der Waals surface area contributed by atoms with E-state index in [2.05, 4.69) is 11.8 Å². The summed E-state index contributed by atoms with van der Waals surface area (Å²) in [7, 11) is 1.70. The van der Waals surface area contributed by atoms with Crippen molar-refractivity contribution in [3.63, 3.8) is 0 Å². The zero-order chi connectivity index (χ0) is 13.4. The Hall–Kier alpha value is -1.17. The molecule has 0 aliphatic carbocycles. The molecule has 2 nitrogen and oxygen atoms in total. The van der Waals surface area contributed by atoms with Gasteiger partial charge in [-0.3, -0.25) is 0 Å². The standard InChI is InChI=1S/C15H19ClO2/c1-12-11-14(5-4-9-16)6-7-15(12)18-13(2)8-10-17-3/h6-7,11,13H,8-10H2,1-3H3. The van der Waals surface area contributed by atoms with E-state index in [1.165, 1.54) is 0 Å². The van der Waals surface area contributed by atoms with Gasteiger partial charge in [-0.1, -0.05) is 11.8 Å².